The zero-order valence-electron chi connectivity index (χ0n) is 8.85. The Kier molecular flexibility index (Phi) is 4.63. The van der Waals surface area contributed by atoms with Gasteiger partial charge in [0.25, 0.3) is 0 Å². The number of hydrogen-bond acceptors (Lipinski definition) is 3. The molecule has 0 unspecified atom stereocenters. The standard InChI is InChI=1S/C11H16N2O2/c1-13(12)11(14)8-5-9-15-10-6-3-2-4-7-10/h2-4,6-7H,5,8-9,12H2,1H3. The zero-order valence-corrected chi connectivity index (χ0v) is 8.85. The van der Waals surface area contributed by atoms with Gasteiger partial charge in [-0.05, 0) is 18.6 Å². The smallest absolute Gasteiger partial charge is 0.236 e. The van der Waals surface area contributed by atoms with Crippen molar-refractivity contribution in [1.29, 1.82) is 0 Å². The molecule has 1 aromatic carbocycles. The number of hydrogen-bond donors (Lipinski definition) is 1. The zero-order chi connectivity index (χ0) is 11.1. The Hall–Kier alpha value is -1.55. The molecule has 2 N–H and O–H groups in total. The molecule has 0 aliphatic rings. The average Bonchev–Trinajstić information content (AvgIpc) is 2.25. The molecule has 0 aliphatic heterocycles. The second-order valence-electron chi connectivity index (χ2n) is 3.27. The first-order chi connectivity index (χ1) is 7.20. The second kappa shape index (κ2) is 6.03. The molecule has 82 valence electrons. The van der Waals surface area contributed by atoms with Crippen molar-refractivity contribution < 1.29 is 9.53 Å². The number of benzene rings is 1. The first-order valence-corrected chi connectivity index (χ1v) is 4.89. The third kappa shape index (κ3) is 4.46. The van der Waals surface area contributed by atoms with Gasteiger partial charge in [0.1, 0.15) is 5.75 Å². The van der Waals surface area contributed by atoms with E-state index in [1.54, 1.807) is 7.05 Å². The monoisotopic (exact) mass is 208 g/mol. The normalized spacial score (nSPS) is 9.73. The van der Waals surface area contributed by atoms with Crippen molar-refractivity contribution in [3.8, 4) is 5.75 Å². The van der Waals surface area contributed by atoms with Crippen LogP contribution in [-0.2, 0) is 4.79 Å². The number of nitrogens with zero attached hydrogens (tertiary/aromatic N) is 1. The van der Waals surface area contributed by atoms with Gasteiger partial charge in [-0.3, -0.25) is 9.80 Å². The molecule has 0 saturated heterocycles. The maximum atomic E-state index is 11.1. The quantitative estimate of drug-likeness (QED) is 0.342. The summed E-state index contributed by atoms with van der Waals surface area (Å²) in [5, 5.41) is 1.10. The molecule has 4 heteroatoms. The van der Waals surface area contributed by atoms with E-state index in [0.717, 1.165) is 10.8 Å². The molecule has 0 aromatic heterocycles. The highest BCUT2D eigenvalue weighted by atomic mass is 16.5. The molecule has 1 amide bonds. The topological polar surface area (TPSA) is 55.6 Å². The maximum Gasteiger partial charge on any atom is 0.236 e. The molecular formula is C11H16N2O2. The highest BCUT2D eigenvalue weighted by molar-refractivity contribution is 5.75. The molecule has 0 heterocycles. The molecular weight excluding hydrogens is 192 g/mol. The molecule has 0 atom stereocenters. The number of carbonyl (C=O) groups is 1. The Balaban J connectivity index is 2.15. The number of carbonyl (C=O) groups excluding carboxylic acids is 1. The van der Waals surface area contributed by atoms with Gasteiger partial charge in [0.05, 0.1) is 6.61 Å². The van der Waals surface area contributed by atoms with Crippen LogP contribution in [0.1, 0.15) is 12.8 Å². The Morgan fingerprint density at radius 2 is 2.07 bits per heavy atom. The summed E-state index contributed by atoms with van der Waals surface area (Å²) in [6.07, 6.45) is 1.09. The first-order valence-electron chi connectivity index (χ1n) is 4.89. The van der Waals surface area contributed by atoms with E-state index in [4.69, 9.17) is 10.6 Å². The minimum Gasteiger partial charge on any atom is -0.494 e. The van der Waals surface area contributed by atoms with Crippen LogP contribution in [0.2, 0.25) is 0 Å². The predicted molar refractivity (Wildman–Crippen MR) is 58.1 cm³/mol. The molecule has 0 saturated carbocycles. The number of ether oxygens (including phenoxy) is 1. The molecule has 4 nitrogen and oxygen atoms in total. The Bertz CT molecular complexity index is 299. The highest BCUT2D eigenvalue weighted by Crippen LogP contribution is 2.08. The lowest BCUT2D eigenvalue weighted by Crippen LogP contribution is -2.33. The van der Waals surface area contributed by atoms with Crippen molar-refractivity contribution in [3.63, 3.8) is 0 Å². The maximum absolute atomic E-state index is 11.1. The first kappa shape index (κ1) is 11.5. The van der Waals surface area contributed by atoms with E-state index in [0.29, 0.717) is 19.4 Å². The van der Waals surface area contributed by atoms with Crippen molar-refractivity contribution in [2.45, 2.75) is 12.8 Å². The van der Waals surface area contributed by atoms with E-state index in [2.05, 4.69) is 0 Å². The van der Waals surface area contributed by atoms with Gasteiger partial charge >= 0.3 is 0 Å². The molecule has 1 aromatic rings. The molecule has 15 heavy (non-hydrogen) atoms. The number of rotatable bonds is 5. The van der Waals surface area contributed by atoms with Crippen LogP contribution in [0, 0.1) is 0 Å². The van der Waals surface area contributed by atoms with Crippen LogP contribution in [0.3, 0.4) is 0 Å². The van der Waals surface area contributed by atoms with E-state index in [1.807, 2.05) is 30.3 Å². The molecule has 0 fully saturated rings. The van der Waals surface area contributed by atoms with E-state index in [-0.39, 0.29) is 5.91 Å². The van der Waals surface area contributed by atoms with Crippen molar-refractivity contribution in [2.24, 2.45) is 5.84 Å². The minimum absolute atomic E-state index is 0.0772. The summed E-state index contributed by atoms with van der Waals surface area (Å²) in [7, 11) is 1.54. The van der Waals surface area contributed by atoms with Gasteiger partial charge in [-0.2, -0.15) is 0 Å². The summed E-state index contributed by atoms with van der Waals surface area (Å²) in [6.45, 7) is 0.531. The van der Waals surface area contributed by atoms with Crippen LogP contribution in [0.5, 0.6) is 5.75 Å². The third-order valence-corrected chi connectivity index (χ3v) is 1.94. The van der Waals surface area contributed by atoms with Gasteiger partial charge in [0, 0.05) is 13.5 Å². The number of nitrogens with two attached hydrogens (primary N) is 1. The lowest BCUT2D eigenvalue weighted by atomic mass is 10.3. The SMILES string of the molecule is CN(N)C(=O)CCCOc1ccccc1. The Morgan fingerprint density at radius 1 is 1.40 bits per heavy atom. The minimum atomic E-state index is -0.0772. The van der Waals surface area contributed by atoms with Crippen LogP contribution in [0.15, 0.2) is 30.3 Å². The van der Waals surface area contributed by atoms with Gasteiger partial charge < -0.3 is 4.74 Å². The fourth-order valence-electron chi connectivity index (χ4n) is 1.11. The number of hydrazine groups is 1. The van der Waals surface area contributed by atoms with E-state index in [9.17, 15) is 4.79 Å². The van der Waals surface area contributed by atoms with E-state index >= 15 is 0 Å². The molecule has 1 rings (SSSR count). The van der Waals surface area contributed by atoms with Crippen molar-refractivity contribution in [2.75, 3.05) is 13.7 Å². The van der Waals surface area contributed by atoms with Gasteiger partial charge in [0.2, 0.25) is 5.91 Å². The molecule has 0 bridgehead atoms. The molecule has 0 aliphatic carbocycles. The molecule has 0 spiro atoms. The second-order valence-corrected chi connectivity index (χ2v) is 3.27. The lowest BCUT2D eigenvalue weighted by molar-refractivity contribution is -0.130. The van der Waals surface area contributed by atoms with Crippen molar-refractivity contribution in [3.05, 3.63) is 30.3 Å². The molecule has 0 radical (unpaired) electrons. The van der Waals surface area contributed by atoms with E-state index < -0.39 is 0 Å². The fourth-order valence-corrected chi connectivity index (χ4v) is 1.11. The summed E-state index contributed by atoms with van der Waals surface area (Å²) < 4.78 is 5.42. The van der Waals surface area contributed by atoms with Crippen LogP contribution in [-0.4, -0.2) is 24.6 Å². The van der Waals surface area contributed by atoms with Crippen LogP contribution in [0.25, 0.3) is 0 Å². The summed E-state index contributed by atoms with van der Waals surface area (Å²) in [4.78, 5) is 11.1. The van der Waals surface area contributed by atoms with Gasteiger partial charge in [-0.1, -0.05) is 18.2 Å². The third-order valence-electron chi connectivity index (χ3n) is 1.94. The van der Waals surface area contributed by atoms with Crippen LogP contribution >= 0.6 is 0 Å². The number of para-hydroxylation sites is 1. The summed E-state index contributed by atoms with van der Waals surface area (Å²) in [6, 6.07) is 9.52. The van der Waals surface area contributed by atoms with Crippen molar-refractivity contribution >= 4 is 5.91 Å². The summed E-state index contributed by atoms with van der Waals surface area (Å²) in [5.74, 6) is 6.02. The van der Waals surface area contributed by atoms with Gasteiger partial charge in [0.15, 0.2) is 0 Å². The van der Waals surface area contributed by atoms with Crippen LogP contribution < -0.4 is 10.6 Å². The summed E-state index contributed by atoms with van der Waals surface area (Å²) in [5.41, 5.74) is 0. The van der Waals surface area contributed by atoms with Gasteiger partial charge in [-0.25, -0.2) is 5.84 Å². The Morgan fingerprint density at radius 3 is 2.67 bits per heavy atom. The van der Waals surface area contributed by atoms with E-state index in [1.165, 1.54) is 0 Å². The highest BCUT2D eigenvalue weighted by Gasteiger charge is 2.03. The Labute approximate surface area is 89.6 Å². The number of amides is 1. The summed E-state index contributed by atoms with van der Waals surface area (Å²) >= 11 is 0. The van der Waals surface area contributed by atoms with Gasteiger partial charge in [-0.15, -0.1) is 0 Å². The lowest BCUT2D eigenvalue weighted by Gasteiger charge is -2.09. The fraction of sp³-hybridized carbons (Fsp3) is 0.364. The predicted octanol–water partition coefficient (Wildman–Crippen LogP) is 1.18. The average molecular weight is 208 g/mol. The largest absolute Gasteiger partial charge is 0.494 e. The van der Waals surface area contributed by atoms with Crippen LogP contribution in [0.4, 0.5) is 0 Å². The van der Waals surface area contributed by atoms with Crippen molar-refractivity contribution in [1.82, 2.24) is 5.01 Å².